The van der Waals surface area contributed by atoms with Gasteiger partial charge >= 0.3 is 0 Å². The molecule has 2 aromatic rings. The molecule has 0 aromatic carbocycles. The molecule has 166 valence electrons. The standard InChI is InChI=1S/C20H33N9.HI/c1-17-16-18(2)29(26-17)10-5-8-22-19(21-3)23-9-11-27-12-14-28(15-13-27)20-24-6-4-7-25-20;/h4,6-7,16H,5,8-15H2,1-3H3,(H2,21,22,23);1H. The van der Waals surface area contributed by atoms with Gasteiger partial charge in [-0.2, -0.15) is 5.10 Å². The Morgan fingerprint density at radius 1 is 1.03 bits per heavy atom. The van der Waals surface area contributed by atoms with Crippen molar-refractivity contribution in [3.8, 4) is 0 Å². The summed E-state index contributed by atoms with van der Waals surface area (Å²) in [4.78, 5) is 17.7. The number of rotatable bonds is 8. The van der Waals surface area contributed by atoms with E-state index in [1.54, 1.807) is 12.4 Å². The Morgan fingerprint density at radius 2 is 1.73 bits per heavy atom. The molecule has 0 atom stereocenters. The molecule has 3 rings (SSSR count). The van der Waals surface area contributed by atoms with Crippen LogP contribution in [-0.2, 0) is 6.54 Å². The van der Waals surface area contributed by atoms with Gasteiger partial charge in [-0.15, -0.1) is 24.0 Å². The van der Waals surface area contributed by atoms with Crippen molar-refractivity contribution in [1.29, 1.82) is 0 Å². The van der Waals surface area contributed by atoms with Crippen LogP contribution in [0.2, 0.25) is 0 Å². The topological polar surface area (TPSA) is 86.5 Å². The third kappa shape index (κ3) is 7.38. The number of aryl methyl sites for hydroxylation is 3. The zero-order chi connectivity index (χ0) is 20.5. The molecule has 0 bridgehead atoms. The lowest BCUT2D eigenvalue weighted by Gasteiger charge is -2.34. The Morgan fingerprint density at radius 3 is 2.37 bits per heavy atom. The monoisotopic (exact) mass is 527 g/mol. The van der Waals surface area contributed by atoms with E-state index in [-0.39, 0.29) is 24.0 Å². The van der Waals surface area contributed by atoms with Crippen LogP contribution in [-0.4, -0.2) is 83.5 Å². The number of anilines is 1. The molecule has 0 unspecified atom stereocenters. The van der Waals surface area contributed by atoms with Gasteiger partial charge in [0.05, 0.1) is 5.69 Å². The second-order valence-corrected chi connectivity index (χ2v) is 7.31. The average Bonchev–Trinajstić information content (AvgIpc) is 3.07. The Hall–Kier alpha value is -1.95. The predicted octanol–water partition coefficient (Wildman–Crippen LogP) is 1.29. The second kappa shape index (κ2) is 12.7. The van der Waals surface area contributed by atoms with E-state index in [1.165, 1.54) is 5.69 Å². The number of piperazine rings is 1. The highest BCUT2D eigenvalue weighted by atomic mass is 127. The maximum Gasteiger partial charge on any atom is 0.225 e. The SMILES string of the molecule is CN=C(NCCCn1nc(C)cc1C)NCCN1CCN(c2ncccn2)CC1.I. The first-order chi connectivity index (χ1) is 14.2. The fourth-order valence-electron chi connectivity index (χ4n) is 3.52. The summed E-state index contributed by atoms with van der Waals surface area (Å²) < 4.78 is 2.06. The lowest BCUT2D eigenvalue weighted by Crippen LogP contribution is -2.49. The molecule has 0 spiro atoms. The minimum atomic E-state index is 0. The lowest BCUT2D eigenvalue weighted by atomic mass is 10.3. The largest absolute Gasteiger partial charge is 0.356 e. The predicted molar refractivity (Wildman–Crippen MR) is 132 cm³/mol. The molecule has 9 nitrogen and oxygen atoms in total. The first-order valence-electron chi connectivity index (χ1n) is 10.4. The van der Waals surface area contributed by atoms with Crippen molar-refractivity contribution >= 4 is 35.9 Å². The summed E-state index contributed by atoms with van der Waals surface area (Å²) >= 11 is 0. The molecular weight excluding hydrogens is 493 g/mol. The van der Waals surface area contributed by atoms with E-state index >= 15 is 0 Å². The van der Waals surface area contributed by atoms with Crippen LogP contribution in [0.3, 0.4) is 0 Å². The van der Waals surface area contributed by atoms with Gasteiger partial charge in [-0.05, 0) is 32.4 Å². The lowest BCUT2D eigenvalue weighted by molar-refractivity contribution is 0.260. The van der Waals surface area contributed by atoms with Gasteiger partial charge in [-0.25, -0.2) is 9.97 Å². The Kier molecular flexibility index (Phi) is 10.3. The fraction of sp³-hybridized carbons (Fsp3) is 0.600. The van der Waals surface area contributed by atoms with Crippen molar-refractivity contribution in [3.63, 3.8) is 0 Å². The van der Waals surface area contributed by atoms with Crippen molar-refractivity contribution in [2.75, 3.05) is 57.8 Å². The molecular formula is C20H34IN9. The summed E-state index contributed by atoms with van der Waals surface area (Å²) in [6, 6.07) is 3.96. The van der Waals surface area contributed by atoms with Crippen molar-refractivity contribution in [1.82, 2.24) is 35.3 Å². The van der Waals surface area contributed by atoms with Gasteiger partial charge in [0.25, 0.3) is 0 Å². The van der Waals surface area contributed by atoms with Crippen LogP contribution in [0.5, 0.6) is 0 Å². The third-order valence-electron chi connectivity index (χ3n) is 5.09. The van der Waals surface area contributed by atoms with Crippen LogP contribution in [0.15, 0.2) is 29.5 Å². The third-order valence-corrected chi connectivity index (χ3v) is 5.09. The van der Waals surface area contributed by atoms with Crippen LogP contribution in [0.25, 0.3) is 0 Å². The highest BCUT2D eigenvalue weighted by Gasteiger charge is 2.18. The van der Waals surface area contributed by atoms with Crippen molar-refractivity contribution in [2.45, 2.75) is 26.8 Å². The molecule has 0 radical (unpaired) electrons. The minimum absolute atomic E-state index is 0. The van der Waals surface area contributed by atoms with Gasteiger partial charge in [0.2, 0.25) is 5.95 Å². The molecule has 3 heterocycles. The second-order valence-electron chi connectivity index (χ2n) is 7.31. The normalized spacial score (nSPS) is 15.0. The van der Waals surface area contributed by atoms with Crippen LogP contribution < -0.4 is 15.5 Å². The highest BCUT2D eigenvalue weighted by Crippen LogP contribution is 2.09. The number of hydrogen-bond donors (Lipinski definition) is 2. The van der Waals surface area contributed by atoms with Gasteiger partial charge in [0.1, 0.15) is 0 Å². The Labute approximate surface area is 196 Å². The van der Waals surface area contributed by atoms with E-state index in [1.807, 2.05) is 20.0 Å². The molecule has 0 saturated carbocycles. The minimum Gasteiger partial charge on any atom is -0.356 e. The first kappa shape index (κ1) is 24.3. The molecule has 2 aromatic heterocycles. The zero-order valence-electron chi connectivity index (χ0n) is 18.2. The summed E-state index contributed by atoms with van der Waals surface area (Å²) in [5.74, 6) is 1.69. The van der Waals surface area contributed by atoms with Gasteiger partial charge in [-0.3, -0.25) is 14.6 Å². The number of nitrogens with one attached hydrogen (secondary N) is 2. The van der Waals surface area contributed by atoms with E-state index in [2.05, 4.69) is 58.2 Å². The van der Waals surface area contributed by atoms with Crippen LogP contribution in [0.1, 0.15) is 17.8 Å². The molecule has 1 fully saturated rings. The maximum absolute atomic E-state index is 4.50. The quantitative estimate of drug-likeness (QED) is 0.232. The molecule has 10 heteroatoms. The first-order valence-corrected chi connectivity index (χ1v) is 10.4. The Bertz CT molecular complexity index is 770. The number of aliphatic imine (C=N–C) groups is 1. The van der Waals surface area contributed by atoms with E-state index in [0.717, 1.165) is 76.4 Å². The number of halogens is 1. The summed E-state index contributed by atoms with van der Waals surface area (Å²) in [7, 11) is 1.81. The summed E-state index contributed by atoms with van der Waals surface area (Å²) in [5.41, 5.74) is 2.29. The molecule has 2 N–H and O–H groups in total. The molecule has 0 amide bonds. The maximum atomic E-state index is 4.50. The van der Waals surface area contributed by atoms with Gasteiger partial charge in [-0.1, -0.05) is 0 Å². The van der Waals surface area contributed by atoms with Crippen LogP contribution >= 0.6 is 24.0 Å². The smallest absolute Gasteiger partial charge is 0.225 e. The highest BCUT2D eigenvalue weighted by molar-refractivity contribution is 14.0. The molecule has 1 aliphatic heterocycles. The van der Waals surface area contributed by atoms with E-state index in [0.29, 0.717) is 0 Å². The van der Waals surface area contributed by atoms with E-state index in [4.69, 9.17) is 0 Å². The van der Waals surface area contributed by atoms with Crippen LogP contribution in [0.4, 0.5) is 5.95 Å². The molecule has 30 heavy (non-hydrogen) atoms. The van der Waals surface area contributed by atoms with Gasteiger partial charge < -0.3 is 15.5 Å². The van der Waals surface area contributed by atoms with Gasteiger partial charge in [0, 0.05) is 77.5 Å². The molecule has 1 saturated heterocycles. The van der Waals surface area contributed by atoms with E-state index < -0.39 is 0 Å². The zero-order valence-corrected chi connectivity index (χ0v) is 20.5. The molecule has 0 aliphatic carbocycles. The summed E-state index contributed by atoms with van der Waals surface area (Å²) in [5, 5.41) is 11.3. The number of hydrogen-bond acceptors (Lipinski definition) is 6. The number of guanidine groups is 1. The summed E-state index contributed by atoms with van der Waals surface area (Å²) in [6.45, 7) is 11.8. The molecule has 1 aliphatic rings. The van der Waals surface area contributed by atoms with Gasteiger partial charge in [0.15, 0.2) is 5.96 Å². The number of nitrogens with zero attached hydrogens (tertiary/aromatic N) is 7. The summed E-state index contributed by atoms with van der Waals surface area (Å²) in [6.07, 6.45) is 4.61. The fourth-order valence-corrected chi connectivity index (χ4v) is 3.52. The average molecular weight is 527 g/mol. The van der Waals surface area contributed by atoms with E-state index in [9.17, 15) is 0 Å². The van der Waals surface area contributed by atoms with Crippen LogP contribution in [0, 0.1) is 13.8 Å². The van der Waals surface area contributed by atoms with Crippen molar-refractivity contribution in [3.05, 3.63) is 35.9 Å². The van der Waals surface area contributed by atoms with Crippen molar-refractivity contribution in [2.24, 2.45) is 4.99 Å². The Balaban J connectivity index is 0.00000320. The van der Waals surface area contributed by atoms with Crippen molar-refractivity contribution < 1.29 is 0 Å². The number of aromatic nitrogens is 4.